The number of carbonyl (C=O) groups is 1. The van der Waals surface area contributed by atoms with Gasteiger partial charge in [-0.25, -0.2) is 14.2 Å². The van der Waals surface area contributed by atoms with Gasteiger partial charge in [0.15, 0.2) is 38.8 Å². The number of benzene rings is 2. The van der Waals surface area contributed by atoms with E-state index in [1.165, 1.54) is 24.5 Å². The highest BCUT2D eigenvalue weighted by molar-refractivity contribution is 14.1. The van der Waals surface area contributed by atoms with E-state index >= 15 is 0 Å². The lowest BCUT2D eigenvalue weighted by Crippen LogP contribution is -2.27. The molecule has 0 unspecified atom stereocenters. The second kappa shape index (κ2) is 16.0. The molecule has 1 aliphatic heterocycles. The number of thiazole rings is 2. The van der Waals surface area contributed by atoms with E-state index in [2.05, 4.69) is 64.0 Å². The number of fused-ring (bicyclic) bond motifs is 2. The molecule has 0 spiro atoms. The van der Waals surface area contributed by atoms with Crippen molar-refractivity contribution in [2.24, 2.45) is 4.99 Å². The highest BCUT2D eigenvalue weighted by Crippen LogP contribution is 2.39. The molecule has 0 amide bonds. The molecule has 0 saturated heterocycles. The van der Waals surface area contributed by atoms with Crippen LogP contribution in [0, 0.1) is 16.3 Å². The van der Waals surface area contributed by atoms with Crippen LogP contribution in [-0.4, -0.2) is 60.7 Å². The molecular weight excluding hydrogens is 807 g/mol. The summed E-state index contributed by atoms with van der Waals surface area (Å²) in [5.41, 5.74) is 3.38. The van der Waals surface area contributed by atoms with Gasteiger partial charge in [0.05, 0.1) is 23.9 Å². The minimum Gasteiger partial charge on any atom is -0.490 e. The van der Waals surface area contributed by atoms with Crippen molar-refractivity contribution in [1.82, 2.24) is 19.7 Å². The van der Waals surface area contributed by atoms with Gasteiger partial charge < -0.3 is 19.1 Å². The van der Waals surface area contributed by atoms with Gasteiger partial charge in [-0.3, -0.25) is 4.57 Å². The fourth-order valence-corrected chi connectivity index (χ4v) is 8.96. The number of anilines is 2. The van der Waals surface area contributed by atoms with E-state index in [-0.39, 0.29) is 11.4 Å². The first-order chi connectivity index (χ1) is 24.0. The maximum Gasteiger partial charge on any atom is 0.357 e. The number of esters is 1. The smallest absolute Gasteiger partial charge is 0.357 e. The predicted molar refractivity (Wildman–Crippen MR) is 208 cm³/mol. The summed E-state index contributed by atoms with van der Waals surface area (Å²) in [4.78, 5) is 26.2. The van der Waals surface area contributed by atoms with Gasteiger partial charge in [-0.2, -0.15) is 4.99 Å². The van der Waals surface area contributed by atoms with E-state index in [0.717, 1.165) is 65.9 Å². The third-order valence-corrected chi connectivity index (χ3v) is 12.9. The van der Waals surface area contributed by atoms with E-state index < -0.39 is 19.9 Å². The first kappa shape index (κ1) is 36.5. The van der Waals surface area contributed by atoms with Crippen molar-refractivity contribution in [3.8, 4) is 5.75 Å². The van der Waals surface area contributed by atoms with Gasteiger partial charge >= 0.3 is 5.97 Å². The standard InChI is InChI=1S/C35H40FIN6O4S2Si/c1-22-24-10-8-16-42(34-38-30(33(44)45-2)29(49-34)13-9-17-47-27-20-23(37)14-15-25(27)36)32(24)41-40-31(22)39-35-43(21-46-18-19-50(3,4)5)26-11-6-7-12-28(26)48-35/h6-7,11-12,14-15,20H,8-10,13,16-19,21H2,1-5H3/b39-35-. The van der Waals surface area contributed by atoms with E-state index in [1.807, 2.05) is 24.0 Å². The summed E-state index contributed by atoms with van der Waals surface area (Å²) < 4.78 is 35.2. The van der Waals surface area contributed by atoms with Crippen molar-refractivity contribution in [2.75, 3.05) is 31.8 Å². The SMILES string of the molecule is COC(=O)c1nc(N2CCCc3c2nnc(/N=c2\sc4ccccc4n2COCC[Si](C)(C)C)c3C)sc1CCCOc1cc(I)ccc1F. The van der Waals surface area contributed by atoms with Crippen LogP contribution in [0.1, 0.15) is 39.3 Å². The summed E-state index contributed by atoms with van der Waals surface area (Å²) in [6.07, 6.45) is 2.80. The van der Waals surface area contributed by atoms with Gasteiger partial charge in [0.2, 0.25) is 0 Å². The molecule has 1 aliphatic rings. The zero-order valence-electron chi connectivity index (χ0n) is 28.8. The number of hydrogen-bond acceptors (Lipinski definition) is 11. The van der Waals surface area contributed by atoms with Crippen LogP contribution in [0.2, 0.25) is 25.7 Å². The number of para-hydroxylation sites is 1. The summed E-state index contributed by atoms with van der Waals surface area (Å²) in [7, 11) is 0.138. The number of nitrogens with zero attached hydrogens (tertiary/aromatic N) is 6. The average Bonchev–Trinajstić information content (AvgIpc) is 3.68. The van der Waals surface area contributed by atoms with Crippen LogP contribution in [0.4, 0.5) is 21.2 Å². The topological polar surface area (TPSA) is 104 Å². The van der Waals surface area contributed by atoms with Crippen LogP contribution in [0.25, 0.3) is 10.2 Å². The van der Waals surface area contributed by atoms with Crippen LogP contribution in [-0.2, 0) is 29.0 Å². The van der Waals surface area contributed by atoms with Gasteiger partial charge in [-0.05, 0) is 91.6 Å². The molecule has 4 heterocycles. The Morgan fingerprint density at radius 1 is 1.12 bits per heavy atom. The molecule has 0 atom stereocenters. The zero-order chi connectivity index (χ0) is 35.4. The quantitative estimate of drug-likeness (QED) is 0.0504. The number of carbonyl (C=O) groups excluding carboxylic acids is 1. The Morgan fingerprint density at radius 3 is 2.74 bits per heavy atom. The highest BCUT2D eigenvalue weighted by Gasteiger charge is 2.29. The Balaban J connectivity index is 1.25. The van der Waals surface area contributed by atoms with Crippen LogP contribution in [0.3, 0.4) is 0 Å². The maximum atomic E-state index is 14.2. The monoisotopic (exact) mass is 846 g/mol. The Bertz CT molecular complexity index is 2080. The average molecular weight is 847 g/mol. The molecule has 0 fully saturated rings. The fourth-order valence-electron chi connectivity index (χ4n) is 5.60. The van der Waals surface area contributed by atoms with Crippen molar-refractivity contribution in [3.05, 3.63) is 78.4 Å². The molecule has 6 rings (SSSR count). The second-order valence-corrected chi connectivity index (χ2v) is 22.2. The van der Waals surface area contributed by atoms with Crippen molar-refractivity contribution < 1.29 is 23.4 Å². The number of methoxy groups -OCH3 is 1. The largest absolute Gasteiger partial charge is 0.490 e. The van der Waals surface area contributed by atoms with E-state index in [1.54, 1.807) is 23.5 Å². The van der Waals surface area contributed by atoms with Gasteiger partial charge in [0.1, 0.15) is 6.73 Å². The molecule has 2 aromatic carbocycles. The third kappa shape index (κ3) is 8.44. The summed E-state index contributed by atoms with van der Waals surface area (Å²) in [5.74, 6) is 0.616. The van der Waals surface area contributed by atoms with Crippen LogP contribution < -0.4 is 14.4 Å². The van der Waals surface area contributed by atoms with Crippen molar-refractivity contribution in [3.63, 3.8) is 0 Å². The lowest BCUT2D eigenvalue weighted by atomic mass is 10.0. The third-order valence-electron chi connectivity index (χ3n) is 8.36. The predicted octanol–water partition coefficient (Wildman–Crippen LogP) is 8.43. The van der Waals surface area contributed by atoms with E-state index in [0.29, 0.717) is 43.7 Å². The minimum absolute atomic E-state index is 0.216. The molecule has 0 radical (unpaired) electrons. The van der Waals surface area contributed by atoms with Crippen LogP contribution >= 0.6 is 45.3 Å². The van der Waals surface area contributed by atoms with Crippen molar-refractivity contribution in [1.29, 1.82) is 0 Å². The molecule has 0 bridgehead atoms. The first-order valence-corrected chi connectivity index (χ1v) is 22.9. The number of ether oxygens (including phenoxy) is 3. The molecule has 264 valence electrons. The Hall–Kier alpha value is -3.25. The number of aryl methyl sites for hydroxylation is 1. The zero-order valence-corrected chi connectivity index (χ0v) is 33.6. The summed E-state index contributed by atoms with van der Waals surface area (Å²) in [6, 6.07) is 14.1. The van der Waals surface area contributed by atoms with Gasteiger partial charge in [-0.1, -0.05) is 43.1 Å². The molecular formula is C35H40FIN6O4S2Si. The summed E-state index contributed by atoms with van der Waals surface area (Å²) in [6.45, 7) is 11.2. The van der Waals surface area contributed by atoms with Gasteiger partial charge in [0.25, 0.3) is 0 Å². The van der Waals surface area contributed by atoms with Gasteiger partial charge in [-0.15, -0.1) is 21.5 Å². The molecule has 0 N–H and O–H groups in total. The summed E-state index contributed by atoms with van der Waals surface area (Å²) in [5, 5.41) is 9.97. The fraction of sp³-hybridized carbons (Fsp3) is 0.400. The molecule has 10 nitrogen and oxygen atoms in total. The Labute approximate surface area is 313 Å². The molecule has 50 heavy (non-hydrogen) atoms. The van der Waals surface area contributed by atoms with Gasteiger partial charge in [0, 0.05) is 40.8 Å². The second-order valence-electron chi connectivity index (χ2n) is 13.2. The Kier molecular flexibility index (Phi) is 11.7. The number of aromatic nitrogens is 4. The minimum atomic E-state index is -1.21. The molecule has 0 saturated carbocycles. The van der Waals surface area contributed by atoms with Crippen molar-refractivity contribution in [2.45, 2.75) is 65.0 Å². The molecule has 5 aromatic rings. The number of hydrogen-bond donors (Lipinski definition) is 0. The van der Waals surface area contributed by atoms with E-state index in [4.69, 9.17) is 29.3 Å². The van der Waals surface area contributed by atoms with Crippen LogP contribution in [0.15, 0.2) is 47.5 Å². The number of rotatable bonds is 13. The highest BCUT2D eigenvalue weighted by atomic mass is 127. The molecule has 15 heteroatoms. The van der Waals surface area contributed by atoms with E-state index in [9.17, 15) is 9.18 Å². The maximum absolute atomic E-state index is 14.2. The van der Waals surface area contributed by atoms with Crippen molar-refractivity contribution >= 4 is 86.3 Å². The molecule has 0 aliphatic carbocycles. The van der Waals surface area contributed by atoms with Crippen LogP contribution in [0.5, 0.6) is 5.75 Å². The lowest BCUT2D eigenvalue weighted by molar-refractivity contribution is 0.0593. The summed E-state index contributed by atoms with van der Waals surface area (Å²) >= 11 is 5.16. The lowest BCUT2D eigenvalue weighted by Gasteiger charge is -2.28. The first-order valence-electron chi connectivity index (χ1n) is 16.5. The number of halogens is 2. The normalized spacial score (nSPS) is 13.6. The molecule has 3 aromatic heterocycles. The Morgan fingerprint density at radius 2 is 1.94 bits per heavy atom.